The standard InChI is InChI=1S/C19H25N3O/c23-19(11-13-9-15-5-6-16(10-13)22-15)20-8-7-14-12-21-18-4-2-1-3-17(14)18/h1-4,12-13,15-16,21-22H,5-11H2,(H,20,23). The van der Waals surface area contributed by atoms with Crippen LogP contribution in [0.15, 0.2) is 30.5 Å². The molecular weight excluding hydrogens is 286 g/mol. The summed E-state index contributed by atoms with van der Waals surface area (Å²) in [5.74, 6) is 0.790. The van der Waals surface area contributed by atoms with Gasteiger partial charge in [0.25, 0.3) is 0 Å². The average Bonchev–Trinajstić information content (AvgIpc) is 3.11. The van der Waals surface area contributed by atoms with Crippen molar-refractivity contribution in [2.75, 3.05) is 6.54 Å². The number of fused-ring (bicyclic) bond motifs is 3. The van der Waals surface area contributed by atoms with Crippen LogP contribution >= 0.6 is 0 Å². The first-order valence-electron chi connectivity index (χ1n) is 8.85. The third-order valence-electron chi connectivity index (χ3n) is 5.44. The smallest absolute Gasteiger partial charge is 0.220 e. The zero-order chi connectivity index (χ0) is 15.6. The zero-order valence-electron chi connectivity index (χ0n) is 13.5. The van der Waals surface area contributed by atoms with Crippen molar-refractivity contribution in [3.63, 3.8) is 0 Å². The molecule has 122 valence electrons. The molecule has 0 radical (unpaired) electrons. The summed E-state index contributed by atoms with van der Waals surface area (Å²) in [5.41, 5.74) is 2.44. The SMILES string of the molecule is O=C(CC1CC2CCC(C1)N2)NCCc1c[nH]c2ccccc12. The van der Waals surface area contributed by atoms with Crippen molar-refractivity contribution in [1.82, 2.24) is 15.6 Å². The van der Waals surface area contributed by atoms with Crippen LogP contribution in [0.3, 0.4) is 0 Å². The average molecular weight is 311 g/mol. The molecule has 2 fully saturated rings. The fraction of sp³-hybridized carbons (Fsp3) is 0.526. The number of nitrogens with one attached hydrogen (secondary N) is 3. The number of aromatic amines is 1. The maximum absolute atomic E-state index is 12.2. The van der Waals surface area contributed by atoms with E-state index in [1.165, 1.54) is 42.1 Å². The Balaban J connectivity index is 1.25. The molecule has 1 aromatic heterocycles. The molecular formula is C19H25N3O. The second-order valence-electron chi connectivity index (χ2n) is 7.14. The Morgan fingerprint density at radius 2 is 1.96 bits per heavy atom. The van der Waals surface area contributed by atoms with Gasteiger partial charge in [0.15, 0.2) is 0 Å². The largest absolute Gasteiger partial charge is 0.361 e. The van der Waals surface area contributed by atoms with E-state index in [2.05, 4.69) is 40.0 Å². The van der Waals surface area contributed by atoms with Gasteiger partial charge in [-0.05, 0) is 49.7 Å². The Labute approximate surface area is 137 Å². The highest BCUT2D eigenvalue weighted by molar-refractivity contribution is 5.83. The third-order valence-corrected chi connectivity index (χ3v) is 5.44. The quantitative estimate of drug-likeness (QED) is 0.795. The van der Waals surface area contributed by atoms with Gasteiger partial charge in [-0.1, -0.05) is 18.2 Å². The first-order chi connectivity index (χ1) is 11.3. The van der Waals surface area contributed by atoms with E-state index in [-0.39, 0.29) is 5.91 Å². The Hall–Kier alpha value is -1.81. The van der Waals surface area contributed by atoms with Gasteiger partial charge in [-0.25, -0.2) is 0 Å². The minimum atomic E-state index is 0.219. The number of H-pyrrole nitrogens is 1. The van der Waals surface area contributed by atoms with Gasteiger partial charge in [-0.3, -0.25) is 4.79 Å². The first kappa shape index (κ1) is 14.8. The topological polar surface area (TPSA) is 56.9 Å². The Bertz CT molecular complexity index is 681. The Kier molecular flexibility index (Phi) is 4.08. The molecule has 0 spiro atoms. The Morgan fingerprint density at radius 1 is 1.17 bits per heavy atom. The molecule has 2 aliphatic heterocycles. The predicted molar refractivity (Wildman–Crippen MR) is 92.3 cm³/mol. The summed E-state index contributed by atoms with van der Waals surface area (Å²) >= 11 is 0. The van der Waals surface area contributed by atoms with Gasteiger partial charge >= 0.3 is 0 Å². The number of rotatable bonds is 5. The molecule has 3 heterocycles. The molecule has 1 aromatic carbocycles. The molecule has 2 unspecified atom stereocenters. The highest BCUT2D eigenvalue weighted by Gasteiger charge is 2.34. The normalized spacial score (nSPS) is 26.5. The van der Waals surface area contributed by atoms with Gasteiger partial charge in [-0.15, -0.1) is 0 Å². The lowest BCUT2D eigenvalue weighted by atomic mass is 9.89. The van der Waals surface area contributed by atoms with Gasteiger partial charge < -0.3 is 15.6 Å². The minimum Gasteiger partial charge on any atom is -0.361 e. The fourth-order valence-electron chi connectivity index (χ4n) is 4.35. The Morgan fingerprint density at radius 3 is 2.78 bits per heavy atom. The molecule has 1 amide bonds. The van der Waals surface area contributed by atoms with E-state index in [1.54, 1.807) is 0 Å². The summed E-state index contributed by atoms with van der Waals surface area (Å²) in [6, 6.07) is 9.65. The van der Waals surface area contributed by atoms with Crippen LogP contribution in [0.5, 0.6) is 0 Å². The van der Waals surface area contributed by atoms with E-state index >= 15 is 0 Å². The van der Waals surface area contributed by atoms with Crippen LogP contribution in [-0.2, 0) is 11.2 Å². The van der Waals surface area contributed by atoms with Crippen molar-refractivity contribution in [1.29, 1.82) is 0 Å². The predicted octanol–water partition coefficient (Wildman–Crippen LogP) is 2.75. The molecule has 4 heteroatoms. The molecule has 4 rings (SSSR count). The molecule has 0 saturated carbocycles. The number of piperidine rings is 1. The fourth-order valence-corrected chi connectivity index (χ4v) is 4.35. The number of para-hydroxylation sites is 1. The van der Waals surface area contributed by atoms with E-state index in [9.17, 15) is 4.79 Å². The molecule has 0 aliphatic carbocycles. The third kappa shape index (κ3) is 3.27. The van der Waals surface area contributed by atoms with Crippen molar-refractivity contribution in [3.05, 3.63) is 36.0 Å². The van der Waals surface area contributed by atoms with Crippen LogP contribution in [0.2, 0.25) is 0 Å². The summed E-state index contributed by atoms with van der Waals surface area (Å²) in [4.78, 5) is 15.5. The lowest BCUT2D eigenvalue weighted by Gasteiger charge is -2.28. The second-order valence-corrected chi connectivity index (χ2v) is 7.14. The monoisotopic (exact) mass is 311 g/mol. The summed E-state index contributed by atoms with van der Waals surface area (Å²) in [6.07, 6.45) is 8.57. The number of hydrogen-bond donors (Lipinski definition) is 3. The van der Waals surface area contributed by atoms with Crippen molar-refractivity contribution in [3.8, 4) is 0 Å². The highest BCUT2D eigenvalue weighted by atomic mass is 16.1. The van der Waals surface area contributed by atoms with Gasteiger partial charge in [-0.2, -0.15) is 0 Å². The molecule has 4 nitrogen and oxygen atoms in total. The van der Waals surface area contributed by atoms with Crippen molar-refractivity contribution in [2.45, 2.75) is 50.6 Å². The molecule has 2 saturated heterocycles. The van der Waals surface area contributed by atoms with E-state index in [1.807, 2.05) is 6.07 Å². The zero-order valence-corrected chi connectivity index (χ0v) is 13.5. The van der Waals surface area contributed by atoms with Crippen LogP contribution in [-0.4, -0.2) is 29.5 Å². The van der Waals surface area contributed by atoms with Crippen molar-refractivity contribution in [2.24, 2.45) is 5.92 Å². The van der Waals surface area contributed by atoms with Crippen LogP contribution in [0.1, 0.15) is 37.7 Å². The van der Waals surface area contributed by atoms with Crippen LogP contribution in [0.4, 0.5) is 0 Å². The summed E-state index contributed by atoms with van der Waals surface area (Å²) in [6.45, 7) is 0.721. The molecule has 3 N–H and O–H groups in total. The molecule has 2 aliphatic rings. The van der Waals surface area contributed by atoms with Gasteiger partial charge in [0.2, 0.25) is 5.91 Å². The summed E-state index contributed by atoms with van der Waals surface area (Å²) < 4.78 is 0. The molecule has 2 atom stereocenters. The first-order valence-corrected chi connectivity index (χ1v) is 8.85. The lowest BCUT2D eigenvalue weighted by molar-refractivity contribution is -0.122. The van der Waals surface area contributed by atoms with Gasteiger partial charge in [0, 0.05) is 42.1 Å². The number of carbonyl (C=O) groups excluding carboxylic acids is 1. The van der Waals surface area contributed by atoms with Crippen LogP contribution in [0, 0.1) is 5.92 Å². The molecule has 2 aromatic rings. The second kappa shape index (κ2) is 6.36. The molecule has 23 heavy (non-hydrogen) atoms. The summed E-state index contributed by atoms with van der Waals surface area (Å²) in [7, 11) is 0. The molecule has 2 bridgehead atoms. The maximum atomic E-state index is 12.2. The minimum absolute atomic E-state index is 0.219. The highest BCUT2D eigenvalue weighted by Crippen LogP contribution is 2.32. The lowest BCUT2D eigenvalue weighted by Crippen LogP contribution is -2.39. The van der Waals surface area contributed by atoms with E-state index in [0.717, 1.165) is 13.0 Å². The van der Waals surface area contributed by atoms with Crippen molar-refractivity contribution >= 4 is 16.8 Å². The van der Waals surface area contributed by atoms with Gasteiger partial charge in [0.1, 0.15) is 0 Å². The van der Waals surface area contributed by atoms with E-state index in [4.69, 9.17) is 0 Å². The van der Waals surface area contributed by atoms with E-state index < -0.39 is 0 Å². The number of amides is 1. The van der Waals surface area contributed by atoms with E-state index in [0.29, 0.717) is 24.4 Å². The van der Waals surface area contributed by atoms with Crippen LogP contribution < -0.4 is 10.6 Å². The van der Waals surface area contributed by atoms with Crippen molar-refractivity contribution < 1.29 is 4.79 Å². The van der Waals surface area contributed by atoms with Gasteiger partial charge in [0.05, 0.1) is 0 Å². The number of carbonyl (C=O) groups is 1. The number of aromatic nitrogens is 1. The number of benzene rings is 1. The number of hydrogen-bond acceptors (Lipinski definition) is 2. The maximum Gasteiger partial charge on any atom is 0.220 e. The summed E-state index contributed by atoms with van der Waals surface area (Å²) in [5, 5.41) is 8.01. The van der Waals surface area contributed by atoms with Crippen LogP contribution in [0.25, 0.3) is 10.9 Å².